The molecule has 0 radical (unpaired) electrons. The topological polar surface area (TPSA) is 43.4 Å². The standard InChI is InChI=1S/C11H18O3SSi/c1-4-8-15(12,13)14-16-11-7-5-6-9(2)10(11)3/h5-7H,4,8,16H2,1-3H3. The first-order valence-corrected chi connectivity index (χ1v) is 8.24. The summed E-state index contributed by atoms with van der Waals surface area (Å²) in [5.74, 6) is 0.116. The summed E-state index contributed by atoms with van der Waals surface area (Å²) in [7, 11) is -4.47. The molecule has 0 saturated heterocycles. The predicted octanol–water partition coefficient (Wildman–Crippen LogP) is 0.769. The van der Waals surface area contributed by atoms with Gasteiger partial charge in [0.1, 0.15) is 0 Å². The van der Waals surface area contributed by atoms with E-state index in [1.54, 1.807) is 0 Å². The van der Waals surface area contributed by atoms with Crippen LogP contribution >= 0.6 is 0 Å². The van der Waals surface area contributed by atoms with Crippen LogP contribution in [0.15, 0.2) is 18.2 Å². The molecule has 0 fully saturated rings. The minimum atomic E-state index is -3.30. The van der Waals surface area contributed by atoms with E-state index in [0.717, 1.165) is 10.8 Å². The summed E-state index contributed by atoms with van der Waals surface area (Å²) in [5, 5.41) is 1.07. The molecular formula is C11H18O3SSi. The molecule has 1 aromatic rings. The van der Waals surface area contributed by atoms with E-state index >= 15 is 0 Å². The number of aryl methyl sites for hydroxylation is 1. The molecular weight excluding hydrogens is 240 g/mol. The smallest absolute Gasteiger partial charge is 0.257 e. The van der Waals surface area contributed by atoms with Crippen LogP contribution in [0.3, 0.4) is 0 Å². The minimum Gasteiger partial charge on any atom is -0.317 e. The maximum atomic E-state index is 11.4. The van der Waals surface area contributed by atoms with E-state index in [0.29, 0.717) is 6.42 Å². The zero-order valence-electron chi connectivity index (χ0n) is 9.99. The van der Waals surface area contributed by atoms with Crippen LogP contribution in [-0.4, -0.2) is 23.9 Å². The Balaban J connectivity index is 2.72. The first-order valence-electron chi connectivity index (χ1n) is 5.38. The molecule has 0 unspecified atom stereocenters. The minimum absolute atomic E-state index is 0.116. The number of hydrogen-bond donors (Lipinski definition) is 0. The third kappa shape index (κ3) is 3.73. The first-order chi connectivity index (χ1) is 7.46. The second-order valence-electron chi connectivity index (χ2n) is 3.88. The van der Waals surface area contributed by atoms with Crippen LogP contribution in [0.4, 0.5) is 0 Å². The Labute approximate surface area is 99.9 Å². The second kappa shape index (κ2) is 5.61. The van der Waals surface area contributed by atoms with Crippen LogP contribution in [0.5, 0.6) is 0 Å². The SMILES string of the molecule is CCCS(=O)(=O)O[SiH2]c1cccc(C)c1C. The van der Waals surface area contributed by atoms with E-state index < -0.39 is 19.9 Å². The van der Waals surface area contributed by atoms with Gasteiger partial charge in [-0.2, -0.15) is 0 Å². The van der Waals surface area contributed by atoms with Gasteiger partial charge in [-0.3, -0.25) is 0 Å². The Morgan fingerprint density at radius 1 is 1.31 bits per heavy atom. The van der Waals surface area contributed by atoms with Crippen molar-refractivity contribution >= 4 is 25.1 Å². The molecule has 0 heterocycles. The van der Waals surface area contributed by atoms with Crippen molar-refractivity contribution in [3.8, 4) is 0 Å². The van der Waals surface area contributed by atoms with Gasteiger partial charge in [0.25, 0.3) is 10.1 Å². The van der Waals surface area contributed by atoms with Crippen molar-refractivity contribution in [2.24, 2.45) is 0 Å². The number of rotatable bonds is 5. The Bertz CT molecular complexity index is 454. The third-order valence-electron chi connectivity index (χ3n) is 2.56. The molecule has 90 valence electrons. The fraction of sp³-hybridized carbons (Fsp3) is 0.455. The zero-order chi connectivity index (χ0) is 12.2. The monoisotopic (exact) mass is 258 g/mol. The van der Waals surface area contributed by atoms with Crippen molar-refractivity contribution in [3.05, 3.63) is 29.3 Å². The van der Waals surface area contributed by atoms with Crippen molar-refractivity contribution in [2.75, 3.05) is 5.75 Å². The second-order valence-corrected chi connectivity index (χ2v) is 7.40. The molecule has 0 aromatic heterocycles. The summed E-state index contributed by atoms with van der Waals surface area (Å²) in [6.45, 7) is 5.86. The molecule has 5 heteroatoms. The van der Waals surface area contributed by atoms with Crippen molar-refractivity contribution in [2.45, 2.75) is 27.2 Å². The molecule has 0 aliphatic rings. The maximum absolute atomic E-state index is 11.4. The lowest BCUT2D eigenvalue weighted by Crippen LogP contribution is -2.25. The molecule has 0 saturated carbocycles. The normalized spacial score (nSPS) is 12.4. The van der Waals surface area contributed by atoms with Crippen molar-refractivity contribution in [1.82, 2.24) is 0 Å². The Morgan fingerprint density at radius 3 is 2.62 bits per heavy atom. The van der Waals surface area contributed by atoms with Gasteiger partial charge < -0.3 is 3.87 Å². The molecule has 0 aliphatic carbocycles. The van der Waals surface area contributed by atoms with Gasteiger partial charge in [-0.25, -0.2) is 8.42 Å². The van der Waals surface area contributed by atoms with Crippen LogP contribution in [0, 0.1) is 13.8 Å². The number of benzene rings is 1. The lowest BCUT2D eigenvalue weighted by Gasteiger charge is -2.08. The third-order valence-corrected chi connectivity index (χ3v) is 6.46. The van der Waals surface area contributed by atoms with E-state index in [-0.39, 0.29) is 5.75 Å². The lowest BCUT2D eigenvalue weighted by atomic mass is 10.1. The lowest BCUT2D eigenvalue weighted by molar-refractivity contribution is 0.502. The quantitative estimate of drug-likeness (QED) is 0.733. The van der Waals surface area contributed by atoms with Gasteiger partial charge in [0.15, 0.2) is 0 Å². The summed E-state index contributed by atoms with van der Waals surface area (Å²) in [6.07, 6.45) is 0.601. The van der Waals surface area contributed by atoms with E-state index in [4.69, 9.17) is 3.87 Å². The highest BCUT2D eigenvalue weighted by Gasteiger charge is 2.11. The van der Waals surface area contributed by atoms with Crippen LogP contribution in [0.2, 0.25) is 0 Å². The van der Waals surface area contributed by atoms with Crippen LogP contribution in [0.25, 0.3) is 0 Å². The van der Waals surface area contributed by atoms with Crippen molar-refractivity contribution in [1.29, 1.82) is 0 Å². The van der Waals surface area contributed by atoms with E-state index in [1.807, 2.05) is 39.0 Å². The van der Waals surface area contributed by atoms with Gasteiger partial charge in [-0.15, -0.1) is 0 Å². The van der Waals surface area contributed by atoms with Crippen LogP contribution in [-0.2, 0) is 14.0 Å². The molecule has 1 aromatic carbocycles. The van der Waals surface area contributed by atoms with Gasteiger partial charge >= 0.3 is 0 Å². The largest absolute Gasteiger partial charge is 0.317 e. The van der Waals surface area contributed by atoms with E-state index in [1.165, 1.54) is 5.56 Å². The van der Waals surface area contributed by atoms with E-state index in [9.17, 15) is 8.42 Å². The van der Waals surface area contributed by atoms with Gasteiger partial charge in [0.05, 0.1) is 5.75 Å². The molecule has 1 rings (SSSR count). The Kier molecular flexibility index (Phi) is 4.70. The van der Waals surface area contributed by atoms with Crippen molar-refractivity contribution in [3.63, 3.8) is 0 Å². The first kappa shape index (κ1) is 13.4. The maximum Gasteiger partial charge on any atom is 0.257 e. The molecule has 0 N–H and O–H groups in total. The average molecular weight is 258 g/mol. The fourth-order valence-electron chi connectivity index (χ4n) is 1.43. The summed E-state index contributed by atoms with van der Waals surface area (Å²) >= 11 is 0. The summed E-state index contributed by atoms with van der Waals surface area (Å²) < 4.78 is 27.9. The van der Waals surface area contributed by atoms with Crippen LogP contribution < -0.4 is 5.19 Å². The van der Waals surface area contributed by atoms with Gasteiger partial charge in [0, 0.05) is 0 Å². The number of hydrogen-bond acceptors (Lipinski definition) is 3. The highest BCUT2D eigenvalue weighted by Crippen LogP contribution is 2.03. The van der Waals surface area contributed by atoms with Gasteiger partial charge in [-0.05, 0) is 36.6 Å². The fourth-order valence-corrected chi connectivity index (χ4v) is 4.36. The molecule has 0 atom stereocenters. The molecule has 0 aliphatic heterocycles. The highest BCUT2D eigenvalue weighted by atomic mass is 32.2. The highest BCUT2D eigenvalue weighted by molar-refractivity contribution is 7.87. The van der Waals surface area contributed by atoms with Crippen LogP contribution in [0.1, 0.15) is 24.5 Å². The predicted molar refractivity (Wildman–Crippen MR) is 69.3 cm³/mol. The molecule has 3 nitrogen and oxygen atoms in total. The average Bonchev–Trinajstić information content (AvgIpc) is 2.20. The van der Waals surface area contributed by atoms with Gasteiger partial charge in [-0.1, -0.05) is 25.1 Å². The van der Waals surface area contributed by atoms with Crippen molar-refractivity contribution < 1.29 is 12.3 Å². The summed E-state index contributed by atoms with van der Waals surface area (Å²) in [4.78, 5) is 0. The van der Waals surface area contributed by atoms with E-state index in [2.05, 4.69) is 0 Å². The Morgan fingerprint density at radius 2 is 2.00 bits per heavy atom. The Hall–Kier alpha value is -0.653. The summed E-state index contributed by atoms with van der Waals surface area (Å²) in [6, 6.07) is 5.92. The van der Waals surface area contributed by atoms with Gasteiger partial charge in [0.2, 0.25) is 9.76 Å². The molecule has 16 heavy (non-hydrogen) atoms. The molecule has 0 spiro atoms. The molecule has 0 bridgehead atoms. The summed E-state index contributed by atoms with van der Waals surface area (Å²) in [5.41, 5.74) is 2.34. The molecule has 0 amide bonds. The zero-order valence-corrected chi connectivity index (χ0v) is 12.2.